The molecule has 0 saturated carbocycles. The van der Waals surface area contributed by atoms with E-state index >= 15 is 0 Å². The molecule has 8 heteroatoms. The number of aromatic nitrogens is 1. The number of rotatable bonds is 6. The molecule has 0 fully saturated rings. The van der Waals surface area contributed by atoms with Gasteiger partial charge in [0.05, 0.1) is 22.7 Å². The molecule has 25 heavy (non-hydrogen) atoms. The number of thioether (sulfide) groups is 1. The van der Waals surface area contributed by atoms with Gasteiger partial charge in [-0.2, -0.15) is 0 Å². The molecule has 0 saturated heterocycles. The smallest absolute Gasteiger partial charge is 0.322 e. The van der Waals surface area contributed by atoms with Gasteiger partial charge < -0.3 is 10.5 Å². The highest BCUT2D eigenvalue weighted by molar-refractivity contribution is 8.00. The standard InChI is InChI=1S/C17H21N3O3S2/c1-10(2)9-23-13-7-11(3)5-6-12(13)20(16(22)15(18)21)17-19-8-14(24-4)25-17/h5-8,10H,9H2,1-4H3,(H2,18,21). The zero-order valence-electron chi connectivity index (χ0n) is 14.6. The van der Waals surface area contributed by atoms with Crippen molar-refractivity contribution in [2.24, 2.45) is 11.7 Å². The van der Waals surface area contributed by atoms with Gasteiger partial charge in [-0.25, -0.2) is 9.88 Å². The number of benzene rings is 1. The van der Waals surface area contributed by atoms with Crippen molar-refractivity contribution >= 4 is 45.7 Å². The largest absolute Gasteiger partial charge is 0.491 e. The van der Waals surface area contributed by atoms with Gasteiger partial charge in [-0.15, -0.1) is 11.8 Å². The van der Waals surface area contributed by atoms with Crippen molar-refractivity contribution in [3.05, 3.63) is 30.0 Å². The van der Waals surface area contributed by atoms with Gasteiger partial charge >= 0.3 is 11.8 Å². The lowest BCUT2D eigenvalue weighted by molar-refractivity contribution is -0.135. The molecule has 1 aromatic heterocycles. The first kappa shape index (κ1) is 19.3. The predicted octanol–water partition coefficient (Wildman–Crippen LogP) is 3.36. The van der Waals surface area contributed by atoms with Crippen LogP contribution in [0.15, 0.2) is 28.6 Å². The highest BCUT2D eigenvalue weighted by Gasteiger charge is 2.28. The summed E-state index contributed by atoms with van der Waals surface area (Å²) < 4.78 is 6.80. The molecule has 2 rings (SSSR count). The molecular weight excluding hydrogens is 358 g/mol. The zero-order valence-corrected chi connectivity index (χ0v) is 16.2. The second-order valence-electron chi connectivity index (χ2n) is 5.85. The first-order chi connectivity index (χ1) is 11.8. The number of anilines is 2. The van der Waals surface area contributed by atoms with E-state index in [1.807, 2.05) is 39.2 Å². The Morgan fingerprint density at radius 2 is 2.12 bits per heavy atom. The first-order valence-electron chi connectivity index (χ1n) is 7.70. The Hall–Kier alpha value is -2.06. The minimum Gasteiger partial charge on any atom is -0.491 e. The molecule has 1 aromatic carbocycles. The number of thiazole rings is 1. The monoisotopic (exact) mass is 379 g/mol. The molecule has 2 N–H and O–H groups in total. The summed E-state index contributed by atoms with van der Waals surface area (Å²) in [6, 6.07) is 5.43. The molecule has 0 radical (unpaired) electrons. The van der Waals surface area contributed by atoms with Crippen molar-refractivity contribution in [2.75, 3.05) is 17.8 Å². The minimum absolute atomic E-state index is 0.316. The fraction of sp³-hybridized carbons (Fsp3) is 0.353. The van der Waals surface area contributed by atoms with Gasteiger partial charge in [-0.3, -0.25) is 9.59 Å². The lowest BCUT2D eigenvalue weighted by Crippen LogP contribution is -2.37. The Kier molecular flexibility index (Phi) is 6.44. The van der Waals surface area contributed by atoms with Gasteiger partial charge in [-0.1, -0.05) is 31.3 Å². The van der Waals surface area contributed by atoms with Crippen LogP contribution in [0.2, 0.25) is 0 Å². The summed E-state index contributed by atoms with van der Waals surface area (Å²) in [4.78, 5) is 29.5. The maximum Gasteiger partial charge on any atom is 0.322 e. The van der Waals surface area contributed by atoms with E-state index in [9.17, 15) is 9.59 Å². The van der Waals surface area contributed by atoms with Crippen molar-refractivity contribution in [1.29, 1.82) is 0 Å². The molecule has 6 nitrogen and oxygen atoms in total. The summed E-state index contributed by atoms with van der Waals surface area (Å²) in [5, 5.41) is 0.381. The van der Waals surface area contributed by atoms with Crippen LogP contribution in [0.1, 0.15) is 19.4 Å². The molecule has 0 atom stereocenters. The van der Waals surface area contributed by atoms with Gasteiger partial charge in [-0.05, 0) is 36.8 Å². The van der Waals surface area contributed by atoms with Crippen LogP contribution in [0.5, 0.6) is 5.75 Å². The van der Waals surface area contributed by atoms with Crippen molar-refractivity contribution in [3.8, 4) is 5.75 Å². The van der Waals surface area contributed by atoms with Crippen molar-refractivity contribution in [3.63, 3.8) is 0 Å². The van der Waals surface area contributed by atoms with Gasteiger partial charge in [0.1, 0.15) is 5.75 Å². The average Bonchev–Trinajstić information content (AvgIpc) is 3.03. The van der Waals surface area contributed by atoms with Gasteiger partial charge in [0, 0.05) is 0 Å². The fourth-order valence-corrected chi connectivity index (χ4v) is 3.41. The number of ether oxygens (including phenoxy) is 1. The summed E-state index contributed by atoms with van der Waals surface area (Å²) in [7, 11) is 0. The van der Waals surface area contributed by atoms with Crippen LogP contribution in [0.25, 0.3) is 0 Å². The van der Waals surface area contributed by atoms with E-state index in [0.29, 0.717) is 29.1 Å². The van der Waals surface area contributed by atoms with E-state index in [0.717, 1.165) is 9.77 Å². The Balaban J connectivity index is 2.53. The van der Waals surface area contributed by atoms with Crippen LogP contribution in [0, 0.1) is 12.8 Å². The van der Waals surface area contributed by atoms with Crippen LogP contribution >= 0.6 is 23.1 Å². The van der Waals surface area contributed by atoms with Gasteiger partial charge in [0.25, 0.3) is 0 Å². The Morgan fingerprint density at radius 3 is 2.68 bits per heavy atom. The third kappa shape index (κ3) is 4.73. The number of nitrogens with zero attached hydrogens (tertiary/aromatic N) is 2. The molecule has 2 aromatic rings. The second-order valence-corrected chi connectivity index (χ2v) is 7.96. The number of amides is 2. The average molecular weight is 380 g/mol. The van der Waals surface area contributed by atoms with E-state index in [4.69, 9.17) is 10.5 Å². The number of carbonyl (C=O) groups excluding carboxylic acids is 2. The highest BCUT2D eigenvalue weighted by atomic mass is 32.2. The second kappa shape index (κ2) is 8.35. The van der Waals surface area contributed by atoms with Crippen molar-refractivity contribution < 1.29 is 14.3 Å². The van der Waals surface area contributed by atoms with Crippen LogP contribution in [0.3, 0.4) is 0 Å². The van der Waals surface area contributed by atoms with E-state index in [-0.39, 0.29) is 0 Å². The van der Waals surface area contributed by atoms with Gasteiger partial charge in [0.2, 0.25) is 0 Å². The molecular formula is C17H21N3O3S2. The zero-order chi connectivity index (χ0) is 18.6. The Bertz CT molecular complexity index is 774. The van der Waals surface area contributed by atoms with E-state index < -0.39 is 11.8 Å². The number of carbonyl (C=O) groups is 2. The number of hydrogen-bond acceptors (Lipinski definition) is 6. The van der Waals surface area contributed by atoms with Crippen LogP contribution < -0.4 is 15.4 Å². The quantitative estimate of drug-likeness (QED) is 0.614. The van der Waals surface area contributed by atoms with Crippen LogP contribution in [0.4, 0.5) is 10.8 Å². The number of aryl methyl sites for hydroxylation is 1. The summed E-state index contributed by atoms with van der Waals surface area (Å²) in [6.45, 7) is 6.49. The number of hydrogen-bond donors (Lipinski definition) is 1. The van der Waals surface area contributed by atoms with E-state index in [2.05, 4.69) is 4.98 Å². The molecule has 134 valence electrons. The maximum absolute atomic E-state index is 12.5. The summed E-state index contributed by atoms with van der Waals surface area (Å²) >= 11 is 2.83. The van der Waals surface area contributed by atoms with Crippen LogP contribution in [-0.2, 0) is 9.59 Å². The predicted molar refractivity (Wildman–Crippen MR) is 102 cm³/mol. The Labute approximate surface area is 155 Å². The summed E-state index contributed by atoms with van der Waals surface area (Å²) in [5.41, 5.74) is 6.69. The molecule has 0 aliphatic heterocycles. The summed E-state index contributed by atoms with van der Waals surface area (Å²) in [5.74, 6) is -1.06. The van der Waals surface area contributed by atoms with Crippen molar-refractivity contribution in [2.45, 2.75) is 25.0 Å². The topological polar surface area (TPSA) is 85.5 Å². The molecule has 0 bridgehead atoms. The van der Waals surface area contributed by atoms with Crippen LogP contribution in [-0.4, -0.2) is 29.7 Å². The SMILES string of the molecule is CSc1cnc(N(C(=O)C(N)=O)c2ccc(C)cc2OCC(C)C)s1. The Morgan fingerprint density at radius 1 is 1.40 bits per heavy atom. The lowest BCUT2D eigenvalue weighted by Gasteiger charge is -2.22. The van der Waals surface area contributed by atoms with E-state index in [1.165, 1.54) is 28.0 Å². The summed E-state index contributed by atoms with van der Waals surface area (Å²) in [6.07, 6.45) is 3.58. The fourth-order valence-electron chi connectivity index (χ4n) is 2.04. The molecule has 0 spiro atoms. The molecule has 1 heterocycles. The highest BCUT2D eigenvalue weighted by Crippen LogP contribution is 2.38. The number of nitrogens with two attached hydrogens (primary N) is 1. The molecule has 0 unspecified atom stereocenters. The third-order valence-electron chi connectivity index (χ3n) is 3.21. The minimum atomic E-state index is -1.05. The van der Waals surface area contributed by atoms with E-state index in [1.54, 1.807) is 12.3 Å². The van der Waals surface area contributed by atoms with Crippen molar-refractivity contribution in [1.82, 2.24) is 4.98 Å². The maximum atomic E-state index is 12.5. The number of primary amides is 1. The normalized spacial score (nSPS) is 10.8. The first-order valence-corrected chi connectivity index (χ1v) is 9.74. The molecule has 0 aliphatic carbocycles. The molecule has 2 amide bonds. The molecule has 0 aliphatic rings. The van der Waals surface area contributed by atoms with Gasteiger partial charge in [0.15, 0.2) is 5.13 Å². The lowest BCUT2D eigenvalue weighted by atomic mass is 10.2. The third-order valence-corrected chi connectivity index (χ3v) is 5.24.